The van der Waals surface area contributed by atoms with Gasteiger partial charge in [-0.2, -0.15) is 0 Å². The Morgan fingerprint density at radius 2 is 1.94 bits per heavy atom. The number of carbonyl (C=O) groups is 1. The minimum absolute atomic E-state index is 0.439. The number of hydrogen-bond donors (Lipinski definition) is 2. The number of aliphatic carboxylic acids is 1. The highest BCUT2D eigenvalue weighted by Crippen LogP contribution is 2.25. The lowest BCUT2D eigenvalue weighted by molar-refractivity contribution is -0.144. The minimum Gasteiger partial charge on any atom is -0.480 e. The molecule has 0 radical (unpaired) electrons. The summed E-state index contributed by atoms with van der Waals surface area (Å²) in [7, 11) is 0. The largest absolute Gasteiger partial charge is 0.480 e. The van der Waals surface area contributed by atoms with Crippen LogP contribution in [0.4, 0.5) is 0 Å². The van der Waals surface area contributed by atoms with Gasteiger partial charge in [0.05, 0.1) is 0 Å². The summed E-state index contributed by atoms with van der Waals surface area (Å²) in [4.78, 5) is 13.7. The van der Waals surface area contributed by atoms with Crippen LogP contribution < -0.4 is 5.32 Å². The predicted octanol–water partition coefficient (Wildman–Crippen LogP) is 2.09. The van der Waals surface area contributed by atoms with Crippen molar-refractivity contribution < 1.29 is 9.90 Å². The summed E-state index contributed by atoms with van der Waals surface area (Å²) in [5, 5.41) is 12.6. The molecule has 0 saturated heterocycles. The van der Waals surface area contributed by atoms with E-state index in [0.717, 1.165) is 51.7 Å². The normalized spacial score (nSPS) is 18.9. The van der Waals surface area contributed by atoms with Gasteiger partial charge < -0.3 is 10.0 Å². The first kappa shape index (κ1) is 15.4. The number of hydrogen-bond acceptors (Lipinski definition) is 3. The fraction of sp³-hybridized carbons (Fsp3) is 0.929. The zero-order valence-corrected chi connectivity index (χ0v) is 12.0. The van der Waals surface area contributed by atoms with Crippen LogP contribution in [0.3, 0.4) is 0 Å². The van der Waals surface area contributed by atoms with Crippen molar-refractivity contribution in [3.8, 4) is 0 Å². The molecule has 1 fully saturated rings. The Morgan fingerprint density at radius 1 is 1.33 bits per heavy atom. The molecule has 1 aliphatic carbocycles. The molecule has 1 rings (SSSR count). The summed E-state index contributed by atoms with van der Waals surface area (Å²) in [6.07, 6.45) is 5.03. The maximum absolute atomic E-state index is 11.4. The van der Waals surface area contributed by atoms with E-state index in [1.54, 1.807) is 0 Å². The van der Waals surface area contributed by atoms with Crippen molar-refractivity contribution in [2.75, 3.05) is 19.6 Å². The molecule has 4 heteroatoms. The van der Waals surface area contributed by atoms with E-state index in [1.807, 2.05) is 6.92 Å². The Hall–Kier alpha value is -0.610. The Bertz CT molecular complexity index is 263. The molecular weight excluding hydrogens is 228 g/mol. The van der Waals surface area contributed by atoms with Crippen molar-refractivity contribution in [2.24, 2.45) is 0 Å². The Kier molecular flexibility index (Phi) is 6.09. The molecule has 1 atom stereocenters. The minimum atomic E-state index is -0.732. The first-order valence-electron chi connectivity index (χ1n) is 7.25. The van der Waals surface area contributed by atoms with Crippen molar-refractivity contribution in [3.63, 3.8) is 0 Å². The van der Waals surface area contributed by atoms with Gasteiger partial charge in [-0.15, -0.1) is 0 Å². The Labute approximate surface area is 111 Å². The highest BCUT2D eigenvalue weighted by molar-refractivity contribution is 5.78. The van der Waals surface area contributed by atoms with Crippen LogP contribution in [-0.4, -0.2) is 47.2 Å². The molecule has 1 unspecified atom stereocenters. The fourth-order valence-electron chi connectivity index (χ4n) is 2.27. The van der Waals surface area contributed by atoms with Crippen molar-refractivity contribution in [1.82, 2.24) is 10.2 Å². The van der Waals surface area contributed by atoms with Crippen LogP contribution in [0, 0.1) is 0 Å². The van der Waals surface area contributed by atoms with Crippen LogP contribution in [-0.2, 0) is 4.79 Å². The predicted molar refractivity (Wildman–Crippen MR) is 73.8 cm³/mol. The molecule has 0 bridgehead atoms. The van der Waals surface area contributed by atoms with Crippen molar-refractivity contribution in [3.05, 3.63) is 0 Å². The second-order valence-corrected chi connectivity index (χ2v) is 5.54. The first-order valence-corrected chi connectivity index (χ1v) is 7.25. The average molecular weight is 256 g/mol. The van der Waals surface area contributed by atoms with Gasteiger partial charge in [0, 0.05) is 6.04 Å². The number of rotatable bonds is 10. The Morgan fingerprint density at radius 3 is 2.39 bits per heavy atom. The number of carboxylic acid groups (broad SMARTS) is 1. The molecule has 2 N–H and O–H groups in total. The molecule has 0 aromatic rings. The lowest BCUT2D eigenvalue weighted by Gasteiger charge is -2.27. The fourth-order valence-corrected chi connectivity index (χ4v) is 2.27. The van der Waals surface area contributed by atoms with Gasteiger partial charge in [0.15, 0.2) is 0 Å². The van der Waals surface area contributed by atoms with Gasteiger partial charge in [0.1, 0.15) is 5.54 Å². The molecule has 18 heavy (non-hydrogen) atoms. The van der Waals surface area contributed by atoms with Crippen LogP contribution in [0.15, 0.2) is 0 Å². The summed E-state index contributed by atoms with van der Waals surface area (Å²) < 4.78 is 0. The molecule has 0 spiro atoms. The zero-order chi connectivity index (χ0) is 13.6. The van der Waals surface area contributed by atoms with Crippen molar-refractivity contribution >= 4 is 5.97 Å². The number of unbranched alkanes of at least 4 members (excludes halogenated alkanes) is 1. The van der Waals surface area contributed by atoms with Crippen LogP contribution >= 0.6 is 0 Å². The second kappa shape index (κ2) is 7.10. The number of nitrogens with zero attached hydrogens (tertiary/aromatic N) is 1. The molecule has 1 aliphatic rings. The lowest BCUT2D eigenvalue weighted by Crippen LogP contribution is -2.50. The molecule has 4 nitrogen and oxygen atoms in total. The molecule has 106 valence electrons. The summed E-state index contributed by atoms with van der Waals surface area (Å²) in [6.45, 7) is 9.39. The van der Waals surface area contributed by atoms with Gasteiger partial charge in [-0.1, -0.05) is 13.8 Å². The molecule has 0 aliphatic heterocycles. The summed E-state index contributed by atoms with van der Waals surface area (Å²) >= 11 is 0. The first-order chi connectivity index (χ1) is 8.51. The molecule has 0 heterocycles. The van der Waals surface area contributed by atoms with E-state index in [-0.39, 0.29) is 0 Å². The summed E-state index contributed by atoms with van der Waals surface area (Å²) in [5.74, 6) is -0.711. The van der Waals surface area contributed by atoms with Gasteiger partial charge in [-0.05, 0) is 58.7 Å². The third-order valence-electron chi connectivity index (χ3n) is 3.87. The lowest BCUT2D eigenvalue weighted by atomic mass is 9.94. The van der Waals surface area contributed by atoms with E-state index >= 15 is 0 Å². The third-order valence-corrected chi connectivity index (χ3v) is 3.87. The van der Waals surface area contributed by atoms with Crippen molar-refractivity contribution in [2.45, 2.75) is 64.5 Å². The van der Waals surface area contributed by atoms with Gasteiger partial charge >= 0.3 is 5.97 Å². The SMILES string of the molecule is CCN(CC)CCCCC(C)(NC1CC1)C(=O)O. The van der Waals surface area contributed by atoms with Gasteiger partial charge in [-0.25, -0.2) is 0 Å². The maximum atomic E-state index is 11.4. The number of nitrogens with one attached hydrogen (secondary N) is 1. The van der Waals surface area contributed by atoms with Gasteiger partial charge in [0.25, 0.3) is 0 Å². The summed E-state index contributed by atoms with van der Waals surface area (Å²) in [5.41, 5.74) is -0.732. The van der Waals surface area contributed by atoms with E-state index in [2.05, 4.69) is 24.1 Å². The van der Waals surface area contributed by atoms with Crippen molar-refractivity contribution in [1.29, 1.82) is 0 Å². The third kappa shape index (κ3) is 4.94. The van der Waals surface area contributed by atoms with Crippen LogP contribution in [0.1, 0.15) is 52.9 Å². The van der Waals surface area contributed by atoms with E-state index in [1.165, 1.54) is 0 Å². The van der Waals surface area contributed by atoms with Crippen LogP contribution in [0.5, 0.6) is 0 Å². The van der Waals surface area contributed by atoms with E-state index in [0.29, 0.717) is 6.04 Å². The molecular formula is C14H28N2O2. The second-order valence-electron chi connectivity index (χ2n) is 5.54. The van der Waals surface area contributed by atoms with Gasteiger partial charge in [-0.3, -0.25) is 10.1 Å². The van der Waals surface area contributed by atoms with E-state index < -0.39 is 11.5 Å². The molecule has 0 aromatic heterocycles. The maximum Gasteiger partial charge on any atom is 0.323 e. The van der Waals surface area contributed by atoms with Gasteiger partial charge in [0.2, 0.25) is 0 Å². The van der Waals surface area contributed by atoms with E-state index in [4.69, 9.17) is 0 Å². The zero-order valence-electron chi connectivity index (χ0n) is 12.0. The summed E-state index contributed by atoms with van der Waals surface area (Å²) in [6, 6.07) is 0.439. The van der Waals surface area contributed by atoms with Crippen LogP contribution in [0.25, 0.3) is 0 Å². The smallest absolute Gasteiger partial charge is 0.323 e. The quantitative estimate of drug-likeness (QED) is 0.588. The highest BCUT2D eigenvalue weighted by atomic mass is 16.4. The Balaban J connectivity index is 2.26. The standard InChI is InChI=1S/C14H28N2O2/c1-4-16(5-2)11-7-6-10-14(3,13(17)18)15-12-8-9-12/h12,15H,4-11H2,1-3H3,(H,17,18). The highest BCUT2D eigenvalue weighted by Gasteiger charge is 2.37. The van der Waals surface area contributed by atoms with Crippen LogP contribution in [0.2, 0.25) is 0 Å². The van der Waals surface area contributed by atoms with E-state index in [9.17, 15) is 9.90 Å². The molecule has 1 saturated carbocycles. The molecule has 0 aromatic carbocycles. The topological polar surface area (TPSA) is 52.6 Å². The average Bonchev–Trinajstić information content (AvgIpc) is 3.13. The number of carboxylic acids is 1. The monoisotopic (exact) mass is 256 g/mol. The molecule has 0 amide bonds.